The first-order chi connectivity index (χ1) is 16.8. The molecule has 1 N–H and O–H groups in total. The van der Waals surface area contributed by atoms with E-state index in [1.54, 1.807) is 13.2 Å². The Kier molecular flexibility index (Phi) is 6.97. The lowest BCUT2D eigenvalue weighted by Crippen LogP contribution is -2.10. The zero-order valence-electron chi connectivity index (χ0n) is 21.1. The molecule has 180 valence electrons. The Morgan fingerprint density at radius 3 is 2.54 bits per heavy atom. The highest BCUT2D eigenvalue weighted by Crippen LogP contribution is 2.41. The Balaban J connectivity index is 1.80. The van der Waals surface area contributed by atoms with Crippen LogP contribution in [0.1, 0.15) is 36.1 Å². The predicted molar refractivity (Wildman–Crippen MR) is 142 cm³/mol. The van der Waals surface area contributed by atoms with E-state index in [1.807, 2.05) is 51.3 Å². The molecule has 5 nitrogen and oxygen atoms in total. The topological polar surface area (TPSA) is 60.7 Å². The van der Waals surface area contributed by atoms with Crippen LogP contribution in [0, 0.1) is 20.8 Å². The number of fused-ring (bicyclic) bond motifs is 1. The summed E-state index contributed by atoms with van der Waals surface area (Å²) >= 11 is 0. The van der Waals surface area contributed by atoms with Gasteiger partial charge in [0.2, 0.25) is 5.91 Å². The molecule has 0 aliphatic carbocycles. The quantitative estimate of drug-likeness (QED) is 0.285. The Labute approximate surface area is 206 Å². The number of rotatable bonds is 7. The van der Waals surface area contributed by atoms with Gasteiger partial charge in [0.1, 0.15) is 17.1 Å². The van der Waals surface area contributed by atoms with Crippen molar-refractivity contribution in [2.24, 2.45) is 0 Å². The molecule has 5 heteroatoms. The molecule has 0 fully saturated rings. The van der Waals surface area contributed by atoms with Gasteiger partial charge in [-0.2, -0.15) is 0 Å². The van der Waals surface area contributed by atoms with Gasteiger partial charge in [0.05, 0.1) is 25.7 Å². The van der Waals surface area contributed by atoms with Crippen LogP contribution in [-0.2, 0) is 4.79 Å². The van der Waals surface area contributed by atoms with E-state index < -0.39 is 0 Å². The zero-order valence-corrected chi connectivity index (χ0v) is 21.1. The van der Waals surface area contributed by atoms with Gasteiger partial charge in [0, 0.05) is 28.2 Å². The molecule has 0 saturated heterocycles. The van der Waals surface area contributed by atoms with E-state index in [0.717, 1.165) is 44.5 Å². The predicted octanol–water partition coefficient (Wildman–Crippen LogP) is 7.47. The summed E-state index contributed by atoms with van der Waals surface area (Å²) in [7, 11) is 1.58. The number of ether oxygens (including phenoxy) is 2. The smallest absolute Gasteiger partial charge is 0.248 e. The van der Waals surface area contributed by atoms with E-state index >= 15 is 0 Å². The van der Waals surface area contributed by atoms with E-state index in [4.69, 9.17) is 13.9 Å². The maximum Gasteiger partial charge on any atom is 0.248 e. The second-order valence-electron chi connectivity index (χ2n) is 8.67. The van der Waals surface area contributed by atoms with Crippen LogP contribution in [-0.4, -0.2) is 19.6 Å². The summed E-state index contributed by atoms with van der Waals surface area (Å²) in [5, 5.41) is 3.90. The third kappa shape index (κ3) is 4.80. The molecule has 0 saturated carbocycles. The van der Waals surface area contributed by atoms with Gasteiger partial charge in [-0.25, -0.2) is 0 Å². The average Bonchev–Trinajstić information content (AvgIpc) is 3.25. The standard InChI is InChI=1S/C30H31NO4/c1-7-34-29-21(5)30-24(25(17-35-30)22-13-12-18(2)14-19(22)3)16-23(29)20(4)15-28(32)31-26-10-8-9-11-27(26)33-6/h8-17H,7H2,1-6H3,(H,31,32)/b20-15+. The van der Waals surface area contributed by atoms with Gasteiger partial charge in [0.15, 0.2) is 0 Å². The van der Waals surface area contributed by atoms with Gasteiger partial charge in [-0.05, 0) is 69.5 Å². The molecule has 0 unspecified atom stereocenters. The summed E-state index contributed by atoms with van der Waals surface area (Å²) in [6, 6.07) is 15.8. The Morgan fingerprint density at radius 1 is 1.06 bits per heavy atom. The molecule has 4 rings (SSSR count). The number of allylic oxidation sites excluding steroid dienone is 1. The van der Waals surface area contributed by atoms with Crippen LogP contribution in [0.15, 0.2) is 65.3 Å². The number of nitrogens with one attached hydrogen (secondary N) is 1. The Morgan fingerprint density at radius 2 is 1.83 bits per heavy atom. The number of aryl methyl sites for hydroxylation is 3. The first kappa shape index (κ1) is 24.1. The number of hydrogen-bond acceptors (Lipinski definition) is 4. The fourth-order valence-electron chi connectivity index (χ4n) is 4.45. The molecular weight excluding hydrogens is 438 g/mol. The molecule has 0 atom stereocenters. The third-order valence-corrected chi connectivity index (χ3v) is 6.14. The first-order valence-corrected chi connectivity index (χ1v) is 11.7. The first-order valence-electron chi connectivity index (χ1n) is 11.7. The van der Waals surface area contributed by atoms with E-state index in [-0.39, 0.29) is 5.91 Å². The number of carbonyl (C=O) groups is 1. The van der Waals surface area contributed by atoms with Crippen molar-refractivity contribution in [3.05, 3.63) is 83.1 Å². The average molecular weight is 470 g/mol. The van der Waals surface area contributed by atoms with Gasteiger partial charge in [0.25, 0.3) is 0 Å². The van der Waals surface area contributed by atoms with E-state index in [9.17, 15) is 4.79 Å². The lowest BCUT2D eigenvalue weighted by Gasteiger charge is -2.15. The summed E-state index contributed by atoms with van der Waals surface area (Å²) in [4.78, 5) is 12.9. The largest absolute Gasteiger partial charge is 0.495 e. The van der Waals surface area contributed by atoms with Gasteiger partial charge < -0.3 is 19.2 Å². The van der Waals surface area contributed by atoms with Crippen molar-refractivity contribution in [1.29, 1.82) is 0 Å². The Bertz CT molecular complexity index is 1430. The molecule has 35 heavy (non-hydrogen) atoms. The van der Waals surface area contributed by atoms with Crippen molar-refractivity contribution >= 4 is 28.1 Å². The van der Waals surface area contributed by atoms with Gasteiger partial charge >= 0.3 is 0 Å². The van der Waals surface area contributed by atoms with Crippen molar-refractivity contribution in [3.63, 3.8) is 0 Å². The number of anilines is 1. The molecule has 3 aromatic carbocycles. The highest BCUT2D eigenvalue weighted by Gasteiger charge is 2.20. The van der Waals surface area contributed by atoms with Crippen LogP contribution in [0.3, 0.4) is 0 Å². The van der Waals surface area contributed by atoms with E-state index in [2.05, 4.69) is 43.4 Å². The van der Waals surface area contributed by atoms with Gasteiger partial charge in [-0.3, -0.25) is 4.79 Å². The minimum absolute atomic E-state index is 0.242. The van der Waals surface area contributed by atoms with Crippen LogP contribution in [0.5, 0.6) is 11.5 Å². The van der Waals surface area contributed by atoms with Crippen LogP contribution >= 0.6 is 0 Å². The molecule has 1 aromatic heterocycles. The number of benzene rings is 3. The zero-order chi connectivity index (χ0) is 25.1. The Hall–Kier alpha value is -3.99. The number of furan rings is 1. The lowest BCUT2D eigenvalue weighted by molar-refractivity contribution is -0.111. The minimum atomic E-state index is -0.242. The van der Waals surface area contributed by atoms with Crippen LogP contribution in [0.25, 0.3) is 27.7 Å². The monoisotopic (exact) mass is 469 g/mol. The minimum Gasteiger partial charge on any atom is -0.495 e. The van der Waals surface area contributed by atoms with E-state index in [0.29, 0.717) is 18.0 Å². The number of methoxy groups -OCH3 is 1. The molecule has 0 spiro atoms. The SMILES string of the molecule is CCOc1c(/C(C)=C/C(=O)Nc2ccccc2OC)cc2c(-c3ccc(C)cc3C)coc2c1C. The third-order valence-electron chi connectivity index (χ3n) is 6.14. The second-order valence-corrected chi connectivity index (χ2v) is 8.67. The highest BCUT2D eigenvalue weighted by molar-refractivity contribution is 6.06. The number of para-hydroxylation sites is 2. The maximum absolute atomic E-state index is 12.9. The van der Waals surface area contributed by atoms with Gasteiger partial charge in [-0.15, -0.1) is 0 Å². The van der Waals surface area contributed by atoms with Crippen molar-refractivity contribution in [2.45, 2.75) is 34.6 Å². The molecule has 0 aliphatic heterocycles. The summed E-state index contributed by atoms with van der Waals surface area (Å²) in [5.74, 6) is 1.09. The lowest BCUT2D eigenvalue weighted by atomic mass is 9.94. The summed E-state index contributed by atoms with van der Waals surface area (Å²) in [5.41, 5.74) is 8.52. The normalized spacial score (nSPS) is 11.5. The summed E-state index contributed by atoms with van der Waals surface area (Å²) < 4.78 is 17.4. The summed E-state index contributed by atoms with van der Waals surface area (Å²) in [6.45, 7) is 10.6. The van der Waals surface area contributed by atoms with Crippen molar-refractivity contribution < 1.29 is 18.7 Å². The van der Waals surface area contributed by atoms with Crippen molar-refractivity contribution in [2.75, 3.05) is 19.0 Å². The summed E-state index contributed by atoms with van der Waals surface area (Å²) in [6.07, 6.45) is 3.40. The number of amides is 1. The van der Waals surface area contributed by atoms with Crippen LogP contribution in [0.2, 0.25) is 0 Å². The van der Waals surface area contributed by atoms with Gasteiger partial charge in [-0.1, -0.05) is 35.9 Å². The number of carbonyl (C=O) groups excluding carboxylic acids is 1. The van der Waals surface area contributed by atoms with E-state index in [1.165, 1.54) is 11.1 Å². The molecule has 0 radical (unpaired) electrons. The molecular formula is C30H31NO4. The second kappa shape index (κ2) is 10.1. The van der Waals surface area contributed by atoms with Crippen molar-refractivity contribution in [1.82, 2.24) is 0 Å². The van der Waals surface area contributed by atoms with Crippen molar-refractivity contribution in [3.8, 4) is 22.6 Å². The van der Waals surface area contributed by atoms with Crippen LogP contribution < -0.4 is 14.8 Å². The number of hydrogen-bond donors (Lipinski definition) is 1. The molecule has 0 bridgehead atoms. The highest BCUT2D eigenvalue weighted by atomic mass is 16.5. The fraction of sp³-hybridized carbons (Fsp3) is 0.233. The molecule has 0 aliphatic rings. The fourth-order valence-corrected chi connectivity index (χ4v) is 4.45. The maximum atomic E-state index is 12.9. The molecule has 4 aromatic rings. The van der Waals surface area contributed by atoms with Crippen LogP contribution in [0.4, 0.5) is 5.69 Å². The molecule has 1 heterocycles. The molecule has 1 amide bonds.